The molecule has 0 aliphatic heterocycles. The molecule has 5 heteroatoms. The Labute approximate surface area is 133 Å². The Morgan fingerprint density at radius 3 is 2.68 bits per heavy atom. The molecule has 4 nitrogen and oxygen atoms in total. The number of nitriles is 1. The van der Waals surface area contributed by atoms with Crippen LogP contribution in [0.15, 0.2) is 29.6 Å². The summed E-state index contributed by atoms with van der Waals surface area (Å²) in [5.74, 6) is 0.865. The van der Waals surface area contributed by atoms with Crippen LogP contribution in [0.1, 0.15) is 25.2 Å². The second-order valence-corrected chi connectivity index (χ2v) is 6.25. The first-order valence-corrected chi connectivity index (χ1v) is 8.07. The number of nitrogens with zero attached hydrogens (tertiary/aromatic N) is 3. The van der Waals surface area contributed by atoms with Gasteiger partial charge in [-0.3, -0.25) is 4.40 Å². The van der Waals surface area contributed by atoms with Crippen molar-refractivity contribution in [3.63, 3.8) is 0 Å². The lowest BCUT2D eigenvalue weighted by Gasteiger charge is -2.10. The lowest BCUT2D eigenvalue weighted by Crippen LogP contribution is -2.05. The van der Waals surface area contributed by atoms with Crippen molar-refractivity contribution in [2.75, 3.05) is 0 Å². The van der Waals surface area contributed by atoms with E-state index in [1.807, 2.05) is 45.0 Å². The molecule has 2 heterocycles. The van der Waals surface area contributed by atoms with Crippen LogP contribution in [0.4, 0.5) is 0 Å². The number of fused-ring (bicyclic) bond motifs is 1. The van der Waals surface area contributed by atoms with Gasteiger partial charge >= 0.3 is 0 Å². The topological polar surface area (TPSA) is 50.3 Å². The van der Waals surface area contributed by atoms with Crippen LogP contribution in [0.5, 0.6) is 5.75 Å². The van der Waals surface area contributed by atoms with Gasteiger partial charge in [0.1, 0.15) is 5.75 Å². The van der Waals surface area contributed by atoms with Crippen LogP contribution >= 0.6 is 11.3 Å². The maximum Gasteiger partial charge on any atom is 0.194 e. The third kappa shape index (κ3) is 2.58. The maximum absolute atomic E-state index is 9.04. The number of hydrogen-bond acceptors (Lipinski definition) is 4. The Kier molecular flexibility index (Phi) is 3.86. The quantitative estimate of drug-likeness (QED) is 0.724. The number of hydrogen-bond donors (Lipinski definition) is 0. The Morgan fingerprint density at radius 2 is 2.05 bits per heavy atom. The van der Waals surface area contributed by atoms with Gasteiger partial charge in [0.2, 0.25) is 0 Å². The van der Waals surface area contributed by atoms with Gasteiger partial charge in [-0.25, -0.2) is 4.98 Å². The van der Waals surface area contributed by atoms with Crippen molar-refractivity contribution in [3.05, 3.63) is 41.0 Å². The van der Waals surface area contributed by atoms with Gasteiger partial charge < -0.3 is 4.74 Å². The van der Waals surface area contributed by atoms with Crippen LogP contribution in [0.25, 0.3) is 16.2 Å². The summed E-state index contributed by atoms with van der Waals surface area (Å²) in [6, 6.07) is 10.3. The lowest BCUT2D eigenvalue weighted by atomic mass is 10.1. The fourth-order valence-corrected chi connectivity index (χ4v) is 3.44. The second kappa shape index (κ2) is 5.82. The molecular weight excluding hydrogens is 294 g/mol. The summed E-state index contributed by atoms with van der Waals surface area (Å²) in [5, 5.41) is 11.1. The third-order valence-corrected chi connectivity index (χ3v) is 4.25. The van der Waals surface area contributed by atoms with Gasteiger partial charge in [0.15, 0.2) is 4.96 Å². The summed E-state index contributed by atoms with van der Waals surface area (Å²) in [7, 11) is 0. The summed E-state index contributed by atoms with van der Waals surface area (Å²) in [4.78, 5) is 5.47. The van der Waals surface area contributed by atoms with E-state index in [2.05, 4.69) is 20.8 Å². The molecule has 0 aliphatic carbocycles. The highest BCUT2D eigenvalue weighted by molar-refractivity contribution is 7.15. The van der Waals surface area contributed by atoms with Crippen molar-refractivity contribution in [1.82, 2.24) is 9.38 Å². The van der Waals surface area contributed by atoms with E-state index >= 15 is 0 Å². The van der Waals surface area contributed by atoms with Gasteiger partial charge in [-0.15, -0.1) is 11.3 Å². The number of benzene rings is 1. The highest BCUT2D eigenvalue weighted by Crippen LogP contribution is 2.30. The zero-order chi connectivity index (χ0) is 15.7. The van der Waals surface area contributed by atoms with E-state index < -0.39 is 0 Å². The normalized spacial score (nSPS) is 11.0. The van der Waals surface area contributed by atoms with Crippen LogP contribution < -0.4 is 4.74 Å². The van der Waals surface area contributed by atoms with E-state index in [-0.39, 0.29) is 6.10 Å². The van der Waals surface area contributed by atoms with Crippen molar-refractivity contribution >= 4 is 16.3 Å². The molecule has 0 amide bonds. The van der Waals surface area contributed by atoms with Gasteiger partial charge in [0, 0.05) is 5.38 Å². The molecule has 0 bridgehead atoms. The molecule has 0 atom stereocenters. The zero-order valence-corrected chi connectivity index (χ0v) is 13.6. The number of thiazole rings is 1. The second-order valence-electron chi connectivity index (χ2n) is 5.41. The molecule has 0 N–H and O–H groups in total. The number of rotatable bonds is 4. The van der Waals surface area contributed by atoms with Crippen molar-refractivity contribution in [3.8, 4) is 23.1 Å². The van der Waals surface area contributed by atoms with Crippen LogP contribution in [0.3, 0.4) is 0 Å². The van der Waals surface area contributed by atoms with E-state index in [1.165, 1.54) is 0 Å². The molecule has 0 fully saturated rings. The number of ether oxygens (including phenoxy) is 1. The molecule has 0 saturated carbocycles. The predicted octanol–water partition coefficient (Wildman–Crippen LogP) is 4.22. The summed E-state index contributed by atoms with van der Waals surface area (Å²) in [5.41, 5.74) is 4.06. The molecule has 0 spiro atoms. The Hall–Kier alpha value is -2.32. The minimum absolute atomic E-state index is 0.164. The molecule has 0 aliphatic rings. The van der Waals surface area contributed by atoms with E-state index in [0.29, 0.717) is 6.42 Å². The Bertz CT molecular complexity index is 837. The molecule has 3 rings (SSSR count). The van der Waals surface area contributed by atoms with Crippen molar-refractivity contribution in [1.29, 1.82) is 5.26 Å². The lowest BCUT2D eigenvalue weighted by molar-refractivity contribution is 0.242. The number of aryl methyl sites for hydroxylation is 1. The van der Waals surface area contributed by atoms with Crippen LogP contribution in [0.2, 0.25) is 0 Å². The van der Waals surface area contributed by atoms with Gasteiger partial charge in [-0.2, -0.15) is 5.26 Å². The summed E-state index contributed by atoms with van der Waals surface area (Å²) in [6.07, 6.45) is 0.530. The first kappa shape index (κ1) is 14.6. The van der Waals surface area contributed by atoms with Gasteiger partial charge in [0.05, 0.1) is 35.7 Å². The molecule has 22 heavy (non-hydrogen) atoms. The average molecular weight is 311 g/mol. The molecule has 3 aromatic rings. The standard InChI is InChI=1S/C17H17N3OS/c1-11(2)21-14-6-4-13(5-7-14)16-10-22-17-19-12(3)15(8-9-18)20(16)17/h4-7,10-11H,8H2,1-3H3. The number of aromatic nitrogens is 2. The maximum atomic E-state index is 9.04. The first-order valence-electron chi connectivity index (χ1n) is 7.19. The summed E-state index contributed by atoms with van der Waals surface area (Å²) < 4.78 is 7.77. The van der Waals surface area contributed by atoms with Crippen LogP contribution in [0, 0.1) is 18.3 Å². The first-order chi connectivity index (χ1) is 10.6. The SMILES string of the molecule is Cc1nc2scc(-c3ccc(OC(C)C)cc3)n2c1CC#N. The fraction of sp³-hybridized carbons (Fsp3) is 0.294. The molecule has 2 aromatic heterocycles. The van der Waals surface area contributed by atoms with Crippen LogP contribution in [-0.2, 0) is 6.42 Å². The molecule has 0 unspecified atom stereocenters. The van der Waals surface area contributed by atoms with E-state index in [4.69, 9.17) is 10.00 Å². The van der Waals surface area contributed by atoms with Crippen molar-refractivity contribution < 1.29 is 4.74 Å². The average Bonchev–Trinajstić information content (AvgIpc) is 3.00. The fourth-order valence-electron chi connectivity index (χ4n) is 2.48. The number of imidazole rings is 1. The molecule has 1 aromatic carbocycles. The largest absolute Gasteiger partial charge is 0.491 e. The minimum Gasteiger partial charge on any atom is -0.491 e. The van der Waals surface area contributed by atoms with E-state index in [0.717, 1.165) is 33.4 Å². The van der Waals surface area contributed by atoms with E-state index in [9.17, 15) is 0 Å². The van der Waals surface area contributed by atoms with E-state index in [1.54, 1.807) is 11.3 Å². The third-order valence-electron chi connectivity index (χ3n) is 3.43. The zero-order valence-electron chi connectivity index (χ0n) is 12.8. The molecular formula is C17H17N3OS. The Morgan fingerprint density at radius 1 is 1.32 bits per heavy atom. The van der Waals surface area contributed by atoms with Gasteiger partial charge in [-0.1, -0.05) is 0 Å². The van der Waals surface area contributed by atoms with Crippen molar-refractivity contribution in [2.45, 2.75) is 33.3 Å². The minimum atomic E-state index is 0.164. The molecule has 0 radical (unpaired) electrons. The van der Waals surface area contributed by atoms with Gasteiger partial charge in [0.25, 0.3) is 0 Å². The van der Waals surface area contributed by atoms with Crippen LogP contribution in [-0.4, -0.2) is 15.5 Å². The van der Waals surface area contributed by atoms with Crippen molar-refractivity contribution in [2.24, 2.45) is 0 Å². The highest BCUT2D eigenvalue weighted by atomic mass is 32.1. The summed E-state index contributed by atoms with van der Waals surface area (Å²) in [6.45, 7) is 5.98. The Balaban J connectivity index is 2.05. The molecule has 0 saturated heterocycles. The summed E-state index contributed by atoms with van der Waals surface area (Å²) >= 11 is 1.60. The highest BCUT2D eigenvalue weighted by Gasteiger charge is 2.15. The smallest absolute Gasteiger partial charge is 0.194 e. The predicted molar refractivity (Wildman–Crippen MR) is 88.3 cm³/mol. The monoisotopic (exact) mass is 311 g/mol. The van der Waals surface area contributed by atoms with Gasteiger partial charge in [-0.05, 0) is 50.6 Å². The molecule has 112 valence electrons.